The normalized spacial score (nSPS) is 22.7. The maximum atomic E-state index is 6.40. The van der Waals surface area contributed by atoms with Gasteiger partial charge in [0, 0.05) is 6.42 Å². The molecule has 0 bridgehead atoms. The van der Waals surface area contributed by atoms with Crippen molar-refractivity contribution in [1.82, 2.24) is 0 Å². The Morgan fingerprint density at radius 3 is 2.00 bits per heavy atom. The third-order valence-corrected chi connectivity index (χ3v) is 9.17. The van der Waals surface area contributed by atoms with Crippen LogP contribution < -0.4 is 0 Å². The van der Waals surface area contributed by atoms with Crippen LogP contribution in [-0.2, 0) is 4.43 Å². The summed E-state index contributed by atoms with van der Waals surface area (Å²) in [6, 6.07) is 0. The van der Waals surface area contributed by atoms with Gasteiger partial charge in [0.25, 0.3) is 0 Å². The second-order valence-electron chi connectivity index (χ2n) is 8.37. The predicted molar refractivity (Wildman–Crippen MR) is 83.2 cm³/mol. The Kier molecular flexibility index (Phi) is 4.42. The third kappa shape index (κ3) is 3.88. The van der Waals surface area contributed by atoms with Crippen LogP contribution >= 0.6 is 0 Å². The molecule has 0 heterocycles. The van der Waals surface area contributed by atoms with Crippen molar-refractivity contribution in [2.24, 2.45) is 11.3 Å². The van der Waals surface area contributed by atoms with Crippen molar-refractivity contribution in [3.63, 3.8) is 0 Å². The van der Waals surface area contributed by atoms with Crippen LogP contribution in [0, 0.1) is 11.3 Å². The molecule has 0 spiro atoms. The lowest BCUT2D eigenvalue weighted by atomic mass is 9.74. The molecule has 1 aliphatic carbocycles. The van der Waals surface area contributed by atoms with E-state index in [1.54, 1.807) is 0 Å². The summed E-state index contributed by atoms with van der Waals surface area (Å²) in [7, 11) is -1.63. The molecule has 0 aromatic heterocycles. The summed E-state index contributed by atoms with van der Waals surface area (Å²) in [5, 5.41) is 0.300. The van der Waals surface area contributed by atoms with Gasteiger partial charge < -0.3 is 4.43 Å². The Labute approximate surface area is 115 Å². The lowest BCUT2D eigenvalue weighted by molar-refractivity contribution is 0.204. The zero-order valence-electron chi connectivity index (χ0n) is 13.7. The number of hydrogen-bond acceptors (Lipinski definition) is 1. The highest BCUT2D eigenvalue weighted by atomic mass is 28.4. The van der Waals surface area contributed by atoms with E-state index < -0.39 is 8.32 Å². The molecule has 1 atom stereocenters. The van der Waals surface area contributed by atoms with Gasteiger partial charge in [-0.25, -0.2) is 0 Å². The summed E-state index contributed by atoms with van der Waals surface area (Å²) in [4.78, 5) is 0. The van der Waals surface area contributed by atoms with Crippen LogP contribution in [0.2, 0.25) is 18.1 Å². The summed E-state index contributed by atoms with van der Waals surface area (Å²) in [5.74, 6) is 2.08. The second-order valence-corrected chi connectivity index (χ2v) is 13.1. The van der Waals surface area contributed by atoms with Gasteiger partial charge in [0.05, 0.1) is 5.76 Å². The molecular weight excluding hydrogens is 236 g/mol. The van der Waals surface area contributed by atoms with Gasteiger partial charge in [0.1, 0.15) is 0 Å². The molecule has 1 aliphatic rings. The Morgan fingerprint density at radius 1 is 1.11 bits per heavy atom. The maximum Gasteiger partial charge on any atom is 0.250 e. The topological polar surface area (TPSA) is 9.23 Å². The highest BCUT2D eigenvalue weighted by molar-refractivity contribution is 6.74. The Bertz CT molecular complexity index is 315. The van der Waals surface area contributed by atoms with Crippen LogP contribution in [-0.4, -0.2) is 8.32 Å². The number of hydrogen-bond donors (Lipinski definition) is 0. The fourth-order valence-electron chi connectivity index (χ4n) is 2.17. The van der Waals surface area contributed by atoms with Crippen LogP contribution in [0.5, 0.6) is 0 Å². The van der Waals surface area contributed by atoms with Gasteiger partial charge in [-0.3, -0.25) is 0 Å². The molecule has 18 heavy (non-hydrogen) atoms. The highest BCUT2D eigenvalue weighted by Crippen LogP contribution is 2.42. The molecule has 1 rings (SSSR count). The van der Waals surface area contributed by atoms with Crippen molar-refractivity contribution in [2.75, 3.05) is 0 Å². The Balaban J connectivity index is 2.65. The van der Waals surface area contributed by atoms with Gasteiger partial charge in [-0.2, -0.15) is 0 Å². The minimum Gasteiger partial charge on any atom is -0.547 e. The van der Waals surface area contributed by atoms with Crippen LogP contribution in [0.1, 0.15) is 60.8 Å². The van der Waals surface area contributed by atoms with Gasteiger partial charge >= 0.3 is 0 Å². The van der Waals surface area contributed by atoms with Gasteiger partial charge in [0.15, 0.2) is 0 Å². The molecule has 0 saturated heterocycles. The van der Waals surface area contributed by atoms with E-state index in [0.29, 0.717) is 10.5 Å². The predicted octanol–water partition coefficient (Wildman–Crippen LogP) is 5.74. The van der Waals surface area contributed by atoms with E-state index in [2.05, 4.69) is 60.7 Å². The van der Waals surface area contributed by atoms with E-state index >= 15 is 0 Å². The van der Waals surface area contributed by atoms with E-state index in [0.717, 1.165) is 12.3 Å². The standard InChI is InChI=1S/C16H32OSi/c1-15(2,3)13-9-11-14(12-10-13)17-18(7,8)16(4,5)6/h11,13H,9-10,12H2,1-8H3/t13-/m1/s1. The molecular formula is C16H32OSi. The molecule has 0 unspecified atom stereocenters. The summed E-state index contributed by atoms with van der Waals surface area (Å²) in [6.45, 7) is 18.6. The fourth-order valence-corrected chi connectivity index (χ4v) is 3.32. The zero-order valence-corrected chi connectivity index (χ0v) is 14.7. The van der Waals surface area contributed by atoms with E-state index in [-0.39, 0.29) is 0 Å². The van der Waals surface area contributed by atoms with Gasteiger partial charge in [-0.15, -0.1) is 0 Å². The molecule has 0 saturated carbocycles. The largest absolute Gasteiger partial charge is 0.547 e. The summed E-state index contributed by atoms with van der Waals surface area (Å²) in [5.41, 5.74) is 0.430. The first kappa shape index (κ1) is 15.8. The molecule has 0 aliphatic heterocycles. The first-order valence-electron chi connectivity index (χ1n) is 7.31. The molecule has 0 aromatic carbocycles. The minimum atomic E-state index is -1.63. The lowest BCUT2D eigenvalue weighted by Crippen LogP contribution is -2.40. The SMILES string of the molecule is CC(C)(C)[C@@H]1CC=C(O[Si](C)(C)C(C)(C)C)CC1. The van der Waals surface area contributed by atoms with Crippen LogP contribution in [0.15, 0.2) is 11.8 Å². The summed E-state index contributed by atoms with van der Waals surface area (Å²) in [6.07, 6.45) is 5.96. The van der Waals surface area contributed by atoms with Crippen molar-refractivity contribution in [3.8, 4) is 0 Å². The summed E-state index contributed by atoms with van der Waals surface area (Å²) < 4.78 is 6.40. The molecule has 0 amide bonds. The monoisotopic (exact) mass is 268 g/mol. The van der Waals surface area contributed by atoms with Gasteiger partial charge in [-0.05, 0) is 48.4 Å². The smallest absolute Gasteiger partial charge is 0.250 e. The van der Waals surface area contributed by atoms with E-state index in [9.17, 15) is 0 Å². The first-order valence-corrected chi connectivity index (χ1v) is 10.2. The van der Waals surface area contributed by atoms with Crippen LogP contribution in [0.4, 0.5) is 0 Å². The van der Waals surface area contributed by atoms with Crippen molar-refractivity contribution >= 4 is 8.32 Å². The molecule has 0 radical (unpaired) electrons. The molecule has 0 aromatic rings. The fraction of sp³-hybridized carbons (Fsp3) is 0.875. The Hall–Kier alpha value is -0.243. The maximum absolute atomic E-state index is 6.40. The molecule has 0 fully saturated rings. The third-order valence-electron chi connectivity index (χ3n) is 4.79. The molecule has 0 N–H and O–H groups in total. The molecule has 106 valence electrons. The van der Waals surface area contributed by atoms with E-state index in [1.807, 2.05) is 0 Å². The van der Waals surface area contributed by atoms with Crippen molar-refractivity contribution in [3.05, 3.63) is 11.8 Å². The first-order chi connectivity index (χ1) is 7.93. The molecule has 2 heteroatoms. The lowest BCUT2D eigenvalue weighted by Gasteiger charge is -2.40. The quantitative estimate of drug-likeness (QED) is 0.580. The zero-order chi connectivity index (χ0) is 14.2. The number of allylic oxidation sites excluding steroid dienone is 2. The average molecular weight is 269 g/mol. The van der Waals surface area contributed by atoms with E-state index in [1.165, 1.54) is 18.6 Å². The van der Waals surface area contributed by atoms with Crippen LogP contribution in [0.25, 0.3) is 0 Å². The number of rotatable bonds is 2. The van der Waals surface area contributed by atoms with Crippen molar-refractivity contribution < 1.29 is 4.43 Å². The van der Waals surface area contributed by atoms with Crippen LogP contribution in [0.3, 0.4) is 0 Å². The van der Waals surface area contributed by atoms with Crippen molar-refractivity contribution in [2.45, 2.75) is 78.9 Å². The minimum absolute atomic E-state index is 0.300. The Morgan fingerprint density at radius 2 is 1.67 bits per heavy atom. The van der Waals surface area contributed by atoms with E-state index in [4.69, 9.17) is 4.43 Å². The summed E-state index contributed by atoms with van der Waals surface area (Å²) >= 11 is 0. The second kappa shape index (κ2) is 5.03. The average Bonchev–Trinajstić information content (AvgIpc) is 2.14. The van der Waals surface area contributed by atoms with Crippen molar-refractivity contribution in [1.29, 1.82) is 0 Å². The molecule has 1 nitrogen and oxygen atoms in total. The van der Waals surface area contributed by atoms with Gasteiger partial charge in [0.2, 0.25) is 8.32 Å². The van der Waals surface area contributed by atoms with Gasteiger partial charge in [-0.1, -0.05) is 41.5 Å². The highest BCUT2D eigenvalue weighted by Gasteiger charge is 2.40.